The smallest absolute Gasteiger partial charge is 0.170 e. The van der Waals surface area contributed by atoms with Crippen molar-refractivity contribution in [2.45, 2.75) is 26.2 Å². The summed E-state index contributed by atoms with van der Waals surface area (Å²) in [5.74, 6) is -0.281. The maximum Gasteiger partial charge on any atom is 0.170 e. The topological polar surface area (TPSA) is 38.3 Å². The molecule has 1 aromatic rings. The second-order valence-electron chi connectivity index (χ2n) is 5.09. The molecule has 0 aliphatic carbocycles. The number of hydrogen-bond acceptors (Lipinski definition) is 3. The molecule has 1 atom stereocenters. The fourth-order valence-electron chi connectivity index (χ4n) is 2.74. The van der Waals surface area contributed by atoms with Gasteiger partial charge in [0.25, 0.3) is 0 Å². The van der Waals surface area contributed by atoms with Gasteiger partial charge in [0, 0.05) is 17.5 Å². The number of ether oxygens (including phenoxy) is 1. The minimum Gasteiger partial charge on any atom is -0.494 e. The third kappa shape index (κ3) is 2.63. The number of benzene rings is 1. The molecular weight excluding hydrogens is 245 g/mol. The Morgan fingerprint density at radius 2 is 2.32 bits per heavy atom. The molecule has 1 saturated heterocycles. The van der Waals surface area contributed by atoms with Gasteiger partial charge in [-0.15, -0.1) is 0 Å². The van der Waals surface area contributed by atoms with Gasteiger partial charge in [-0.25, -0.2) is 4.39 Å². The highest BCUT2D eigenvalue weighted by Crippen LogP contribution is 2.34. The van der Waals surface area contributed by atoms with Crippen LogP contribution in [0.3, 0.4) is 0 Å². The lowest BCUT2D eigenvalue weighted by atomic mass is 9.73. The van der Waals surface area contributed by atoms with Crippen molar-refractivity contribution in [2.24, 2.45) is 5.41 Å². The van der Waals surface area contributed by atoms with Crippen molar-refractivity contribution < 1.29 is 13.9 Å². The quantitative estimate of drug-likeness (QED) is 0.851. The average Bonchev–Trinajstić information content (AvgIpc) is 2.47. The Balaban J connectivity index is 2.29. The van der Waals surface area contributed by atoms with Crippen LogP contribution in [-0.4, -0.2) is 26.0 Å². The van der Waals surface area contributed by atoms with Gasteiger partial charge in [0.05, 0.1) is 7.11 Å². The molecule has 3 nitrogen and oxygen atoms in total. The van der Waals surface area contributed by atoms with E-state index in [-0.39, 0.29) is 16.9 Å². The number of halogens is 1. The number of piperidine rings is 1. The zero-order chi connectivity index (χ0) is 13.9. The van der Waals surface area contributed by atoms with Gasteiger partial charge >= 0.3 is 0 Å². The first-order valence-corrected chi connectivity index (χ1v) is 6.72. The van der Waals surface area contributed by atoms with Gasteiger partial charge in [0.1, 0.15) is 0 Å². The third-order valence-electron chi connectivity index (χ3n) is 4.04. The molecule has 19 heavy (non-hydrogen) atoms. The first-order valence-electron chi connectivity index (χ1n) is 6.72. The third-order valence-corrected chi connectivity index (χ3v) is 4.04. The molecule has 1 aliphatic rings. The summed E-state index contributed by atoms with van der Waals surface area (Å²) in [5.41, 5.74) is 0.0445. The first kappa shape index (κ1) is 14.0. The normalized spacial score (nSPS) is 23.1. The van der Waals surface area contributed by atoms with Crippen molar-refractivity contribution in [3.8, 4) is 5.75 Å². The number of carbonyl (C=O) groups is 1. The SMILES string of the molecule is CCC1(C(=O)c2ccc(OC)c(F)c2)CCCNC1. The molecule has 1 aromatic carbocycles. The summed E-state index contributed by atoms with van der Waals surface area (Å²) in [7, 11) is 1.42. The van der Waals surface area contributed by atoms with Crippen molar-refractivity contribution in [3.63, 3.8) is 0 Å². The lowest BCUT2D eigenvalue weighted by molar-refractivity contribution is 0.0730. The van der Waals surface area contributed by atoms with Gasteiger partial charge in [-0.05, 0) is 44.0 Å². The monoisotopic (exact) mass is 265 g/mol. The molecule has 0 aromatic heterocycles. The summed E-state index contributed by atoms with van der Waals surface area (Å²) in [5, 5.41) is 3.28. The summed E-state index contributed by atoms with van der Waals surface area (Å²) in [6, 6.07) is 4.45. The van der Waals surface area contributed by atoms with E-state index in [0.29, 0.717) is 12.1 Å². The van der Waals surface area contributed by atoms with Crippen molar-refractivity contribution in [3.05, 3.63) is 29.6 Å². The standard InChI is InChI=1S/C15H20FNO2/c1-3-15(7-4-8-17-10-15)14(18)11-5-6-13(19-2)12(16)9-11/h5-6,9,17H,3-4,7-8,10H2,1-2H3. The Labute approximate surface area is 113 Å². The van der Waals surface area contributed by atoms with Gasteiger partial charge in [-0.1, -0.05) is 6.92 Å². The number of hydrogen-bond donors (Lipinski definition) is 1. The van der Waals surface area contributed by atoms with Gasteiger partial charge < -0.3 is 10.1 Å². The van der Waals surface area contributed by atoms with Crippen LogP contribution in [0.15, 0.2) is 18.2 Å². The summed E-state index contributed by atoms with van der Waals surface area (Å²) < 4.78 is 18.6. The molecule has 1 fully saturated rings. The minimum absolute atomic E-state index is 0.0313. The molecule has 0 spiro atoms. The molecule has 104 valence electrons. The molecule has 0 amide bonds. The van der Waals surface area contributed by atoms with E-state index in [0.717, 1.165) is 25.8 Å². The molecule has 0 bridgehead atoms. The van der Waals surface area contributed by atoms with Crippen LogP contribution >= 0.6 is 0 Å². The summed E-state index contributed by atoms with van der Waals surface area (Å²) in [6.45, 7) is 3.65. The highest BCUT2D eigenvalue weighted by atomic mass is 19.1. The Morgan fingerprint density at radius 1 is 1.53 bits per heavy atom. The van der Waals surface area contributed by atoms with E-state index in [1.54, 1.807) is 6.07 Å². The van der Waals surface area contributed by atoms with Gasteiger partial charge in [0.15, 0.2) is 17.3 Å². The van der Waals surface area contributed by atoms with Crippen LogP contribution in [0.2, 0.25) is 0 Å². The van der Waals surface area contributed by atoms with Gasteiger partial charge in [0.2, 0.25) is 0 Å². The van der Waals surface area contributed by atoms with Crippen LogP contribution in [-0.2, 0) is 0 Å². The van der Waals surface area contributed by atoms with E-state index >= 15 is 0 Å². The van der Waals surface area contributed by atoms with E-state index in [1.165, 1.54) is 19.2 Å². The van der Waals surface area contributed by atoms with Gasteiger partial charge in [-0.3, -0.25) is 4.79 Å². The largest absolute Gasteiger partial charge is 0.494 e. The van der Waals surface area contributed by atoms with Crippen molar-refractivity contribution in [1.82, 2.24) is 5.32 Å². The van der Waals surface area contributed by atoms with E-state index in [2.05, 4.69) is 5.32 Å². The Morgan fingerprint density at radius 3 is 2.84 bits per heavy atom. The van der Waals surface area contributed by atoms with E-state index in [1.807, 2.05) is 6.92 Å². The molecule has 2 rings (SSSR count). The Bertz CT molecular complexity index is 467. The molecular formula is C15H20FNO2. The number of ketones is 1. The number of carbonyl (C=O) groups excluding carboxylic acids is 1. The molecule has 1 N–H and O–H groups in total. The molecule has 1 aliphatic heterocycles. The molecule has 1 unspecified atom stereocenters. The lowest BCUT2D eigenvalue weighted by Gasteiger charge is -2.35. The van der Waals surface area contributed by atoms with Crippen LogP contribution in [0.25, 0.3) is 0 Å². The van der Waals surface area contributed by atoms with E-state index in [9.17, 15) is 9.18 Å². The van der Waals surface area contributed by atoms with Crippen LogP contribution in [0, 0.1) is 11.2 Å². The second kappa shape index (κ2) is 5.70. The fraction of sp³-hybridized carbons (Fsp3) is 0.533. The summed E-state index contributed by atoms with van der Waals surface area (Å²) in [6.07, 6.45) is 2.62. The zero-order valence-electron chi connectivity index (χ0n) is 11.5. The number of Topliss-reactive ketones (excluding diaryl/α,β-unsaturated/α-hetero) is 1. The van der Waals surface area contributed by atoms with E-state index in [4.69, 9.17) is 4.74 Å². The van der Waals surface area contributed by atoms with Crippen LogP contribution in [0.4, 0.5) is 4.39 Å². The zero-order valence-corrected chi connectivity index (χ0v) is 11.5. The molecule has 1 heterocycles. The summed E-state index contributed by atoms with van der Waals surface area (Å²) >= 11 is 0. The highest BCUT2D eigenvalue weighted by Gasteiger charge is 2.38. The van der Waals surface area contributed by atoms with Gasteiger partial charge in [-0.2, -0.15) is 0 Å². The predicted molar refractivity (Wildman–Crippen MR) is 72.1 cm³/mol. The van der Waals surface area contributed by atoms with Crippen molar-refractivity contribution in [2.75, 3.05) is 20.2 Å². The maximum absolute atomic E-state index is 13.7. The maximum atomic E-state index is 13.7. The first-order chi connectivity index (χ1) is 9.13. The average molecular weight is 265 g/mol. The highest BCUT2D eigenvalue weighted by molar-refractivity contribution is 6.00. The minimum atomic E-state index is -0.483. The number of methoxy groups -OCH3 is 1. The summed E-state index contributed by atoms with van der Waals surface area (Å²) in [4.78, 5) is 12.7. The van der Waals surface area contributed by atoms with E-state index < -0.39 is 5.82 Å². The Kier molecular flexibility index (Phi) is 4.20. The van der Waals surface area contributed by atoms with Crippen LogP contribution in [0.1, 0.15) is 36.5 Å². The van der Waals surface area contributed by atoms with Crippen molar-refractivity contribution in [1.29, 1.82) is 0 Å². The van der Waals surface area contributed by atoms with Crippen LogP contribution in [0.5, 0.6) is 5.75 Å². The number of rotatable bonds is 4. The number of nitrogens with one attached hydrogen (secondary N) is 1. The molecule has 0 radical (unpaired) electrons. The molecule has 4 heteroatoms. The van der Waals surface area contributed by atoms with Crippen LogP contribution < -0.4 is 10.1 Å². The lowest BCUT2D eigenvalue weighted by Crippen LogP contribution is -2.45. The fourth-order valence-corrected chi connectivity index (χ4v) is 2.74. The second-order valence-corrected chi connectivity index (χ2v) is 5.09. The molecule has 0 saturated carbocycles. The predicted octanol–water partition coefficient (Wildman–Crippen LogP) is 2.80. The Hall–Kier alpha value is -1.42. The van der Waals surface area contributed by atoms with Crippen molar-refractivity contribution >= 4 is 5.78 Å².